The lowest BCUT2D eigenvalue weighted by Gasteiger charge is -2.08. The maximum atomic E-state index is 12.2. The molecule has 1 fully saturated rings. The van der Waals surface area contributed by atoms with Gasteiger partial charge < -0.3 is 9.26 Å². The van der Waals surface area contributed by atoms with Gasteiger partial charge in [0, 0.05) is 12.2 Å². The Morgan fingerprint density at radius 1 is 1.36 bits per heavy atom. The number of sulfone groups is 1. The summed E-state index contributed by atoms with van der Waals surface area (Å²) in [6, 6.07) is 7.62. The molecule has 2 aromatic rings. The van der Waals surface area contributed by atoms with Crippen LogP contribution in [0.2, 0.25) is 0 Å². The van der Waals surface area contributed by atoms with E-state index >= 15 is 0 Å². The quantitative estimate of drug-likeness (QED) is 0.839. The maximum Gasteiger partial charge on any atom is 0.257 e. The van der Waals surface area contributed by atoms with E-state index in [2.05, 4.69) is 10.1 Å². The Morgan fingerprint density at radius 2 is 2.23 bits per heavy atom. The fraction of sp³-hybridized carbons (Fsp3) is 0.467. The molecule has 1 aliphatic heterocycles. The molecule has 118 valence electrons. The zero-order chi connectivity index (χ0) is 15.6. The molecule has 0 aliphatic carbocycles. The molecule has 1 aromatic heterocycles. The topological polar surface area (TPSA) is 82.3 Å². The molecule has 3 rings (SSSR count). The Bertz CT molecular complexity index is 748. The predicted octanol–water partition coefficient (Wildman–Crippen LogP) is 2.14. The first-order valence-electron chi connectivity index (χ1n) is 7.23. The second-order valence-corrected chi connectivity index (χ2v) is 7.68. The van der Waals surface area contributed by atoms with Crippen molar-refractivity contribution in [1.82, 2.24) is 10.1 Å². The van der Waals surface area contributed by atoms with Crippen LogP contribution < -0.4 is 0 Å². The summed E-state index contributed by atoms with van der Waals surface area (Å²) in [5, 5.41) is 3.78. The van der Waals surface area contributed by atoms with Crippen molar-refractivity contribution in [2.75, 3.05) is 12.4 Å². The summed E-state index contributed by atoms with van der Waals surface area (Å²) in [5.74, 6) is 0.323. The van der Waals surface area contributed by atoms with Gasteiger partial charge in [0.2, 0.25) is 0 Å². The molecule has 1 saturated heterocycles. The van der Waals surface area contributed by atoms with Gasteiger partial charge in [-0.3, -0.25) is 0 Å². The second kappa shape index (κ2) is 6.18. The monoisotopic (exact) mass is 322 g/mol. The molecule has 0 N–H and O–H groups in total. The molecular weight excluding hydrogens is 304 g/mol. The van der Waals surface area contributed by atoms with E-state index in [-0.39, 0.29) is 23.4 Å². The van der Waals surface area contributed by atoms with Gasteiger partial charge in [-0.1, -0.05) is 22.9 Å². The van der Waals surface area contributed by atoms with E-state index in [1.54, 1.807) is 0 Å². The fourth-order valence-corrected chi connectivity index (χ4v) is 3.98. The van der Waals surface area contributed by atoms with Crippen molar-refractivity contribution in [3.63, 3.8) is 0 Å². The SMILES string of the molecule is Cc1cccc(-c2nc(CS(=O)(=O)C[C@@H]3CCCO3)no2)c1. The van der Waals surface area contributed by atoms with E-state index < -0.39 is 9.84 Å². The molecule has 1 atom stereocenters. The van der Waals surface area contributed by atoms with Crippen molar-refractivity contribution in [1.29, 1.82) is 0 Å². The van der Waals surface area contributed by atoms with Crippen LogP contribution >= 0.6 is 0 Å². The summed E-state index contributed by atoms with van der Waals surface area (Å²) in [5.41, 5.74) is 1.86. The largest absolute Gasteiger partial charge is 0.377 e. The summed E-state index contributed by atoms with van der Waals surface area (Å²) in [4.78, 5) is 4.18. The first-order chi connectivity index (χ1) is 10.5. The maximum absolute atomic E-state index is 12.2. The van der Waals surface area contributed by atoms with Crippen molar-refractivity contribution < 1.29 is 17.7 Å². The van der Waals surface area contributed by atoms with Crippen LogP contribution in [0.4, 0.5) is 0 Å². The molecule has 0 saturated carbocycles. The standard InChI is InChI=1S/C15H18N2O4S/c1-11-4-2-5-12(8-11)15-16-14(17-21-15)10-22(18,19)9-13-6-3-7-20-13/h2,4-5,8,13H,3,6-7,9-10H2,1H3/t13-/m0/s1. The molecule has 0 amide bonds. The van der Waals surface area contributed by atoms with Gasteiger partial charge in [0.25, 0.3) is 5.89 Å². The minimum absolute atomic E-state index is 0.0152. The van der Waals surface area contributed by atoms with E-state index in [1.165, 1.54) is 0 Å². The van der Waals surface area contributed by atoms with E-state index in [4.69, 9.17) is 9.26 Å². The van der Waals surface area contributed by atoms with Crippen molar-refractivity contribution in [2.45, 2.75) is 31.6 Å². The normalized spacial score (nSPS) is 18.7. The van der Waals surface area contributed by atoms with Crippen LogP contribution in [0.15, 0.2) is 28.8 Å². The lowest BCUT2D eigenvalue weighted by molar-refractivity contribution is 0.127. The third-order valence-electron chi connectivity index (χ3n) is 3.55. The average Bonchev–Trinajstić information content (AvgIpc) is 3.09. The third kappa shape index (κ3) is 3.72. The highest BCUT2D eigenvalue weighted by atomic mass is 32.2. The second-order valence-electron chi connectivity index (χ2n) is 5.57. The highest BCUT2D eigenvalue weighted by Gasteiger charge is 2.25. The molecule has 7 heteroatoms. The molecule has 0 radical (unpaired) electrons. The van der Waals surface area contributed by atoms with Crippen molar-refractivity contribution in [3.05, 3.63) is 35.7 Å². The number of nitrogens with zero attached hydrogens (tertiary/aromatic N) is 2. The van der Waals surface area contributed by atoms with Gasteiger partial charge in [0.05, 0.1) is 11.9 Å². The lowest BCUT2D eigenvalue weighted by atomic mass is 10.1. The molecule has 0 unspecified atom stereocenters. The summed E-state index contributed by atoms with van der Waals surface area (Å²) in [6.07, 6.45) is 1.51. The molecular formula is C15H18N2O4S. The number of aromatic nitrogens is 2. The van der Waals surface area contributed by atoms with Crippen LogP contribution in [0.25, 0.3) is 11.5 Å². The molecule has 1 aliphatic rings. The molecule has 22 heavy (non-hydrogen) atoms. The minimum atomic E-state index is -3.31. The molecule has 6 nitrogen and oxygen atoms in total. The van der Waals surface area contributed by atoms with Gasteiger partial charge in [-0.2, -0.15) is 4.98 Å². The van der Waals surface area contributed by atoms with Crippen LogP contribution in [0.3, 0.4) is 0 Å². The highest BCUT2D eigenvalue weighted by Crippen LogP contribution is 2.20. The van der Waals surface area contributed by atoms with Gasteiger partial charge in [-0.05, 0) is 31.9 Å². The van der Waals surface area contributed by atoms with Gasteiger partial charge in [0.1, 0.15) is 5.75 Å². The zero-order valence-corrected chi connectivity index (χ0v) is 13.2. The summed E-state index contributed by atoms with van der Waals surface area (Å²) in [6.45, 7) is 2.60. The Hall–Kier alpha value is -1.73. The van der Waals surface area contributed by atoms with Gasteiger partial charge in [-0.25, -0.2) is 8.42 Å². The van der Waals surface area contributed by atoms with Gasteiger partial charge >= 0.3 is 0 Å². The first-order valence-corrected chi connectivity index (χ1v) is 9.06. The van der Waals surface area contributed by atoms with Crippen molar-refractivity contribution >= 4 is 9.84 Å². The molecule has 0 bridgehead atoms. The predicted molar refractivity (Wildman–Crippen MR) is 80.9 cm³/mol. The van der Waals surface area contributed by atoms with Gasteiger partial charge in [-0.15, -0.1) is 0 Å². The summed E-state index contributed by atoms with van der Waals surface area (Å²) < 4.78 is 34.8. The van der Waals surface area contributed by atoms with Crippen LogP contribution in [-0.2, 0) is 20.3 Å². The first kappa shape index (κ1) is 15.2. The Morgan fingerprint density at radius 3 is 2.95 bits per heavy atom. The third-order valence-corrected chi connectivity index (χ3v) is 5.12. The smallest absolute Gasteiger partial charge is 0.257 e. The Balaban J connectivity index is 1.71. The van der Waals surface area contributed by atoms with E-state index in [1.807, 2.05) is 31.2 Å². The number of hydrogen-bond acceptors (Lipinski definition) is 6. The number of ether oxygens (including phenoxy) is 1. The fourth-order valence-electron chi connectivity index (χ4n) is 2.52. The zero-order valence-electron chi connectivity index (χ0n) is 12.4. The van der Waals surface area contributed by atoms with Crippen LogP contribution in [0.1, 0.15) is 24.2 Å². The Kier molecular flexibility index (Phi) is 4.26. The van der Waals surface area contributed by atoms with Crippen molar-refractivity contribution in [2.24, 2.45) is 0 Å². The Labute approximate surface area is 129 Å². The molecule has 0 spiro atoms. The van der Waals surface area contributed by atoms with Crippen LogP contribution in [-0.4, -0.2) is 37.0 Å². The minimum Gasteiger partial charge on any atom is -0.377 e. The van der Waals surface area contributed by atoms with Crippen molar-refractivity contribution in [3.8, 4) is 11.5 Å². The van der Waals surface area contributed by atoms with Gasteiger partial charge in [0.15, 0.2) is 15.7 Å². The number of rotatable bonds is 5. The van der Waals surface area contributed by atoms with Crippen LogP contribution in [0, 0.1) is 6.92 Å². The highest BCUT2D eigenvalue weighted by molar-refractivity contribution is 7.90. The number of benzene rings is 1. The lowest BCUT2D eigenvalue weighted by Crippen LogP contribution is -2.21. The summed E-state index contributed by atoms with van der Waals surface area (Å²) >= 11 is 0. The molecule has 2 heterocycles. The molecule has 1 aromatic carbocycles. The summed E-state index contributed by atoms with van der Waals surface area (Å²) in [7, 11) is -3.31. The van der Waals surface area contributed by atoms with Crippen LogP contribution in [0.5, 0.6) is 0 Å². The van der Waals surface area contributed by atoms with E-state index in [9.17, 15) is 8.42 Å². The number of aryl methyl sites for hydroxylation is 1. The number of hydrogen-bond donors (Lipinski definition) is 0. The average molecular weight is 322 g/mol. The van der Waals surface area contributed by atoms with E-state index in [0.29, 0.717) is 12.5 Å². The van der Waals surface area contributed by atoms with E-state index in [0.717, 1.165) is 24.0 Å².